The van der Waals surface area contributed by atoms with Gasteiger partial charge in [-0.15, -0.1) is 5.10 Å². The second-order valence-electron chi connectivity index (χ2n) is 6.11. The summed E-state index contributed by atoms with van der Waals surface area (Å²) in [7, 11) is 3.26. The van der Waals surface area contributed by atoms with Gasteiger partial charge in [0.1, 0.15) is 11.7 Å². The molecule has 1 amide bonds. The van der Waals surface area contributed by atoms with Crippen molar-refractivity contribution >= 4 is 17.5 Å². The summed E-state index contributed by atoms with van der Waals surface area (Å²) in [4.78, 5) is 16.6. The number of methoxy groups -OCH3 is 1. The summed E-state index contributed by atoms with van der Waals surface area (Å²) >= 11 is 5.82. The molecule has 1 N–H and O–H groups in total. The van der Waals surface area contributed by atoms with Crippen LogP contribution in [0.3, 0.4) is 0 Å². The highest BCUT2D eigenvalue weighted by molar-refractivity contribution is 6.30. The van der Waals surface area contributed by atoms with Crippen molar-refractivity contribution in [2.75, 3.05) is 7.11 Å². The summed E-state index contributed by atoms with van der Waals surface area (Å²) in [5.41, 5.74) is 0.453. The van der Waals surface area contributed by atoms with Gasteiger partial charge in [0.05, 0.1) is 12.1 Å². The smallest absolute Gasteiger partial charge is 0.258 e. The van der Waals surface area contributed by atoms with Crippen LogP contribution < -0.4 is 14.8 Å². The molecule has 1 fully saturated rings. The minimum atomic E-state index is -0.159. The number of carbonyl (C=O) groups is 1. The van der Waals surface area contributed by atoms with Crippen LogP contribution in [0.1, 0.15) is 36.0 Å². The molecule has 1 aliphatic carbocycles. The summed E-state index contributed by atoms with van der Waals surface area (Å²) in [5, 5.41) is 7.75. The van der Waals surface area contributed by atoms with Crippen LogP contribution >= 0.6 is 11.6 Å². The SMILES string of the molecule is COc1nn(C)cc1C(=O)NC1CCC(Oc2ccc(Cl)cn2)CC1. The monoisotopic (exact) mass is 364 g/mol. The Hall–Kier alpha value is -2.28. The van der Waals surface area contributed by atoms with Gasteiger partial charge in [-0.3, -0.25) is 9.48 Å². The van der Waals surface area contributed by atoms with Gasteiger partial charge < -0.3 is 14.8 Å². The molecule has 2 aromatic heterocycles. The van der Waals surface area contributed by atoms with Crippen molar-refractivity contribution in [1.82, 2.24) is 20.1 Å². The van der Waals surface area contributed by atoms with Gasteiger partial charge in [0.15, 0.2) is 0 Å². The standard InChI is InChI=1S/C17H21ClN4O3/c1-22-10-14(17(21-22)24-2)16(23)20-12-4-6-13(7-5-12)25-15-8-3-11(18)9-19-15/h3,8-10,12-13H,4-7H2,1-2H3,(H,20,23). The van der Waals surface area contributed by atoms with Gasteiger partial charge >= 0.3 is 0 Å². The van der Waals surface area contributed by atoms with Gasteiger partial charge in [-0.1, -0.05) is 11.6 Å². The third-order valence-corrected chi connectivity index (χ3v) is 4.45. The average Bonchev–Trinajstić information content (AvgIpc) is 3.00. The highest BCUT2D eigenvalue weighted by Gasteiger charge is 2.26. The van der Waals surface area contributed by atoms with E-state index in [-0.39, 0.29) is 18.1 Å². The highest BCUT2D eigenvalue weighted by atomic mass is 35.5. The maximum absolute atomic E-state index is 12.4. The van der Waals surface area contributed by atoms with Gasteiger partial charge in [0.25, 0.3) is 5.91 Å². The molecule has 0 aliphatic heterocycles. The maximum Gasteiger partial charge on any atom is 0.258 e. The number of aryl methyl sites for hydroxylation is 1. The number of rotatable bonds is 5. The first-order valence-corrected chi connectivity index (χ1v) is 8.59. The number of carbonyl (C=O) groups excluding carboxylic acids is 1. The van der Waals surface area contributed by atoms with E-state index in [0.717, 1.165) is 25.7 Å². The molecule has 0 saturated heterocycles. The van der Waals surface area contributed by atoms with Crippen molar-refractivity contribution in [1.29, 1.82) is 0 Å². The molecule has 2 heterocycles. The Morgan fingerprint density at radius 1 is 1.32 bits per heavy atom. The summed E-state index contributed by atoms with van der Waals surface area (Å²) in [6.45, 7) is 0. The molecule has 7 nitrogen and oxygen atoms in total. The minimum absolute atomic E-state index is 0.106. The van der Waals surface area contributed by atoms with Gasteiger partial charge in [-0.25, -0.2) is 4.98 Å². The lowest BCUT2D eigenvalue weighted by Gasteiger charge is -2.29. The zero-order valence-electron chi connectivity index (χ0n) is 14.2. The van der Waals surface area contributed by atoms with E-state index in [9.17, 15) is 4.79 Å². The first kappa shape index (κ1) is 17.5. The predicted molar refractivity (Wildman–Crippen MR) is 93.1 cm³/mol. The average molecular weight is 365 g/mol. The number of pyridine rings is 1. The summed E-state index contributed by atoms with van der Waals surface area (Å²) in [6.07, 6.45) is 6.77. The number of amides is 1. The molecule has 0 spiro atoms. The first-order chi connectivity index (χ1) is 12.0. The van der Waals surface area contributed by atoms with E-state index in [1.54, 1.807) is 36.3 Å². The molecule has 1 aliphatic rings. The van der Waals surface area contributed by atoms with Crippen molar-refractivity contribution in [3.05, 3.63) is 35.1 Å². The molecule has 134 valence electrons. The second kappa shape index (κ2) is 7.74. The van der Waals surface area contributed by atoms with Crippen LogP contribution in [0.25, 0.3) is 0 Å². The molecule has 8 heteroatoms. The van der Waals surface area contributed by atoms with Crippen molar-refractivity contribution in [3.63, 3.8) is 0 Å². The Bertz CT molecular complexity index is 724. The van der Waals surface area contributed by atoms with E-state index in [4.69, 9.17) is 21.1 Å². The minimum Gasteiger partial charge on any atom is -0.479 e. The van der Waals surface area contributed by atoms with Gasteiger partial charge in [-0.2, -0.15) is 0 Å². The van der Waals surface area contributed by atoms with E-state index >= 15 is 0 Å². The molecule has 0 atom stereocenters. The first-order valence-electron chi connectivity index (χ1n) is 8.22. The highest BCUT2D eigenvalue weighted by Crippen LogP contribution is 2.24. The zero-order chi connectivity index (χ0) is 17.8. The van der Waals surface area contributed by atoms with Crippen LogP contribution in [0.2, 0.25) is 5.02 Å². The summed E-state index contributed by atoms with van der Waals surface area (Å²) in [6, 6.07) is 3.65. The third-order valence-electron chi connectivity index (χ3n) is 4.23. The maximum atomic E-state index is 12.4. The van der Waals surface area contributed by atoms with Crippen LogP contribution in [-0.2, 0) is 7.05 Å². The number of halogens is 1. The second-order valence-corrected chi connectivity index (χ2v) is 6.54. The van der Waals surface area contributed by atoms with E-state index in [1.165, 1.54) is 7.11 Å². The van der Waals surface area contributed by atoms with Crippen LogP contribution in [0, 0.1) is 0 Å². The van der Waals surface area contributed by atoms with E-state index in [0.29, 0.717) is 22.3 Å². The number of hydrogen-bond donors (Lipinski definition) is 1. The molecule has 0 radical (unpaired) electrons. The van der Waals surface area contributed by atoms with Gasteiger partial charge in [-0.05, 0) is 31.7 Å². The number of ether oxygens (including phenoxy) is 2. The lowest BCUT2D eigenvalue weighted by Crippen LogP contribution is -2.39. The number of aromatic nitrogens is 3. The number of nitrogens with one attached hydrogen (secondary N) is 1. The van der Waals surface area contributed by atoms with Gasteiger partial charge in [0.2, 0.25) is 11.8 Å². The van der Waals surface area contributed by atoms with E-state index in [1.807, 2.05) is 0 Å². The Morgan fingerprint density at radius 2 is 2.08 bits per heavy atom. The topological polar surface area (TPSA) is 78.3 Å². The fourth-order valence-corrected chi connectivity index (χ4v) is 3.08. The lowest BCUT2D eigenvalue weighted by atomic mass is 9.93. The van der Waals surface area contributed by atoms with Gasteiger partial charge in [0, 0.05) is 31.5 Å². The van der Waals surface area contributed by atoms with Crippen LogP contribution in [0.4, 0.5) is 0 Å². The fraction of sp³-hybridized carbons (Fsp3) is 0.471. The van der Waals surface area contributed by atoms with Crippen LogP contribution in [0.5, 0.6) is 11.8 Å². The summed E-state index contributed by atoms with van der Waals surface area (Å²) < 4.78 is 12.6. The number of nitrogens with zero attached hydrogens (tertiary/aromatic N) is 3. The Kier molecular flexibility index (Phi) is 5.43. The van der Waals surface area contributed by atoms with Crippen LogP contribution in [-0.4, -0.2) is 39.9 Å². The lowest BCUT2D eigenvalue weighted by molar-refractivity contribution is 0.0887. The van der Waals surface area contributed by atoms with Crippen molar-refractivity contribution < 1.29 is 14.3 Å². The molecule has 25 heavy (non-hydrogen) atoms. The Morgan fingerprint density at radius 3 is 2.72 bits per heavy atom. The van der Waals surface area contributed by atoms with Crippen molar-refractivity contribution in [2.24, 2.45) is 7.05 Å². The van der Waals surface area contributed by atoms with Crippen molar-refractivity contribution in [2.45, 2.75) is 37.8 Å². The van der Waals surface area contributed by atoms with E-state index < -0.39 is 0 Å². The zero-order valence-corrected chi connectivity index (χ0v) is 15.0. The molecule has 0 bridgehead atoms. The summed E-state index contributed by atoms with van der Waals surface area (Å²) in [5.74, 6) is 0.761. The third kappa shape index (κ3) is 4.42. The molecular formula is C17H21ClN4O3. The molecule has 0 aromatic carbocycles. The largest absolute Gasteiger partial charge is 0.479 e. The molecular weight excluding hydrogens is 344 g/mol. The molecule has 0 unspecified atom stereocenters. The Balaban J connectivity index is 1.50. The molecule has 3 rings (SSSR count). The predicted octanol–water partition coefficient (Wildman–Crippen LogP) is 2.60. The number of hydrogen-bond acceptors (Lipinski definition) is 5. The van der Waals surface area contributed by atoms with Crippen molar-refractivity contribution in [3.8, 4) is 11.8 Å². The molecule has 1 saturated carbocycles. The quantitative estimate of drug-likeness (QED) is 0.882. The van der Waals surface area contributed by atoms with E-state index in [2.05, 4.69) is 15.4 Å². The Labute approximate surface area is 151 Å². The normalized spacial score (nSPS) is 20.1. The van der Waals surface area contributed by atoms with Crippen LogP contribution in [0.15, 0.2) is 24.5 Å². The fourth-order valence-electron chi connectivity index (χ4n) is 2.97. The molecule has 2 aromatic rings.